The minimum absolute atomic E-state index is 0.401. The molecule has 0 saturated heterocycles. The Kier molecular flexibility index (Phi) is 5.69. The summed E-state index contributed by atoms with van der Waals surface area (Å²) < 4.78 is 0.686. The van der Waals surface area contributed by atoms with Gasteiger partial charge in [-0.05, 0) is 49.1 Å². The lowest BCUT2D eigenvalue weighted by Crippen LogP contribution is -2.31. The van der Waals surface area contributed by atoms with Crippen molar-refractivity contribution in [2.24, 2.45) is 0 Å². The van der Waals surface area contributed by atoms with Crippen molar-refractivity contribution in [1.29, 1.82) is 0 Å². The van der Waals surface area contributed by atoms with Crippen molar-refractivity contribution in [3.8, 4) is 10.7 Å². The lowest BCUT2D eigenvalue weighted by Gasteiger charge is -2.15. The smallest absolute Gasteiger partial charge is 0.330 e. The van der Waals surface area contributed by atoms with Gasteiger partial charge in [-0.2, -0.15) is 0 Å². The number of hydrogen-bond donors (Lipinski definition) is 3. The van der Waals surface area contributed by atoms with E-state index in [1.807, 2.05) is 12.1 Å². The third-order valence-corrected chi connectivity index (χ3v) is 6.06. The molecular weight excluding hydrogens is 424 g/mol. The predicted octanol–water partition coefficient (Wildman–Crippen LogP) is 4.35. The van der Waals surface area contributed by atoms with Gasteiger partial charge in [0.15, 0.2) is 11.9 Å². The Bertz CT molecular complexity index is 1110. The summed E-state index contributed by atoms with van der Waals surface area (Å²) in [4.78, 5) is 33.1. The molecule has 0 radical (unpaired) electrons. The van der Waals surface area contributed by atoms with Gasteiger partial charge in [-0.1, -0.05) is 23.7 Å². The summed E-state index contributed by atoms with van der Waals surface area (Å²) in [5, 5.41) is 15.2. The molecule has 3 aromatic rings. The molecule has 3 N–H and O–H groups in total. The molecule has 1 atom stereocenters. The number of aliphatic carboxylic acids is 1. The molecule has 7 nitrogen and oxygen atoms in total. The average molecular weight is 443 g/mol. The molecule has 2 aromatic heterocycles. The number of carboxylic acid groups (broad SMARTS) is 1. The first-order valence-electron chi connectivity index (χ1n) is 9.43. The Morgan fingerprint density at radius 3 is 2.53 bits per heavy atom. The van der Waals surface area contributed by atoms with Crippen molar-refractivity contribution < 1.29 is 14.7 Å². The number of carbonyl (C=O) groups excluding carboxylic acids is 1. The van der Waals surface area contributed by atoms with Gasteiger partial charge in [0, 0.05) is 23.9 Å². The zero-order valence-electron chi connectivity index (χ0n) is 16.1. The zero-order valence-corrected chi connectivity index (χ0v) is 17.7. The van der Waals surface area contributed by atoms with E-state index in [1.54, 1.807) is 24.3 Å². The molecule has 1 unspecified atom stereocenters. The number of hydrogen-bond acceptors (Lipinski definition) is 6. The van der Waals surface area contributed by atoms with Gasteiger partial charge in [-0.3, -0.25) is 4.79 Å². The Hall–Kier alpha value is -2.97. The summed E-state index contributed by atoms with van der Waals surface area (Å²) in [7, 11) is 0. The summed E-state index contributed by atoms with van der Waals surface area (Å²) in [6, 6.07) is 9.57. The Morgan fingerprint density at radius 1 is 1.13 bits per heavy atom. The van der Waals surface area contributed by atoms with Crippen molar-refractivity contribution in [2.45, 2.75) is 32.2 Å². The number of fused-ring (bicyclic) bond motifs is 1. The molecule has 0 aliphatic heterocycles. The maximum atomic E-state index is 11.5. The van der Waals surface area contributed by atoms with Gasteiger partial charge in [0.1, 0.15) is 5.82 Å². The Morgan fingerprint density at radius 2 is 1.90 bits per heavy atom. The predicted molar refractivity (Wildman–Crippen MR) is 116 cm³/mol. The zero-order chi connectivity index (χ0) is 21.3. The molecule has 0 bridgehead atoms. The Balaban J connectivity index is 1.62. The standard InChI is InChI=1S/C21H19ClN4O3S/c1-11(27)23-18(21(28)29)12-5-7-13(8-6-12)24-19-14-3-2-4-15(14)25-20(26-19)16-9-10-17(22)30-16/h5-10,18H,2-4H2,1H3,(H,23,27)(H,28,29)(H,24,25,26). The first kappa shape index (κ1) is 20.3. The van der Waals surface area contributed by atoms with Crippen molar-refractivity contribution in [3.63, 3.8) is 0 Å². The van der Waals surface area contributed by atoms with E-state index in [2.05, 4.69) is 10.6 Å². The van der Waals surface area contributed by atoms with E-state index in [0.29, 0.717) is 15.7 Å². The van der Waals surface area contributed by atoms with Crippen LogP contribution in [0.1, 0.15) is 36.2 Å². The van der Waals surface area contributed by atoms with Crippen LogP contribution < -0.4 is 10.6 Å². The average Bonchev–Trinajstić information content (AvgIpc) is 3.35. The van der Waals surface area contributed by atoms with Crippen molar-refractivity contribution in [3.05, 3.63) is 57.6 Å². The third kappa shape index (κ3) is 4.29. The van der Waals surface area contributed by atoms with Crippen LogP contribution in [-0.2, 0) is 22.4 Å². The van der Waals surface area contributed by atoms with E-state index >= 15 is 0 Å². The molecule has 154 valence electrons. The number of carboxylic acids is 1. The van der Waals surface area contributed by atoms with Crippen LogP contribution in [0.5, 0.6) is 0 Å². The second-order valence-corrected chi connectivity index (χ2v) is 8.71. The van der Waals surface area contributed by atoms with Crippen LogP contribution in [0.15, 0.2) is 36.4 Å². The van der Waals surface area contributed by atoms with Crippen molar-refractivity contribution >= 4 is 46.3 Å². The number of carbonyl (C=O) groups is 2. The van der Waals surface area contributed by atoms with Gasteiger partial charge in [0.25, 0.3) is 0 Å². The summed E-state index contributed by atoms with van der Waals surface area (Å²) in [5.74, 6) is -0.120. The Labute approximate surface area is 182 Å². The number of aryl methyl sites for hydroxylation is 1. The molecule has 0 saturated carbocycles. The number of amides is 1. The monoisotopic (exact) mass is 442 g/mol. The molecule has 1 aliphatic rings. The van der Waals surface area contributed by atoms with Crippen molar-refractivity contribution in [2.75, 3.05) is 5.32 Å². The van der Waals surface area contributed by atoms with Crippen LogP contribution in [-0.4, -0.2) is 27.0 Å². The normalized spacial score (nSPS) is 13.5. The SMILES string of the molecule is CC(=O)NC(C(=O)O)c1ccc(Nc2nc(-c3ccc(Cl)s3)nc3c2CCC3)cc1. The molecule has 1 aromatic carbocycles. The fraction of sp³-hybridized carbons (Fsp3) is 0.238. The maximum Gasteiger partial charge on any atom is 0.330 e. The highest BCUT2D eigenvalue weighted by Crippen LogP contribution is 2.34. The first-order valence-corrected chi connectivity index (χ1v) is 10.6. The lowest BCUT2D eigenvalue weighted by atomic mass is 10.1. The molecule has 1 aliphatic carbocycles. The fourth-order valence-electron chi connectivity index (χ4n) is 3.47. The lowest BCUT2D eigenvalue weighted by molar-refractivity contribution is -0.141. The van der Waals surface area contributed by atoms with Crippen molar-refractivity contribution in [1.82, 2.24) is 15.3 Å². The summed E-state index contributed by atoms with van der Waals surface area (Å²) in [5.41, 5.74) is 3.41. The number of thiophene rings is 1. The fourth-order valence-corrected chi connectivity index (χ4v) is 4.44. The third-order valence-electron chi connectivity index (χ3n) is 4.83. The van der Waals surface area contributed by atoms with E-state index in [0.717, 1.165) is 46.9 Å². The maximum absolute atomic E-state index is 11.5. The van der Waals surface area contributed by atoms with E-state index in [4.69, 9.17) is 21.6 Å². The molecule has 4 rings (SSSR count). The first-order chi connectivity index (χ1) is 14.4. The minimum Gasteiger partial charge on any atom is -0.479 e. The van der Waals surface area contributed by atoms with Crippen LogP contribution >= 0.6 is 22.9 Å². The summed E-state index contributed by atoms with van der Waals surface area (Å²) >= 11 is 7.51. The van der Waals surface area contributed by atoms with Crippen LogP contribution in [0.2, 0.25) is 4.34 Å². The molecule has 0 spiro atoms. The number of aromatic nitrogens is 2. The van der Waals surface area contributed by atoms with Gasteiger partial charge in [-0.15, -0.1) is 11.3 Å². The molecular formula is C21H19ClN4O3S. The highest BCUT2D eigenvalue weighted by atomic mass is 35.5. The van der Waals surface area contributed by atoms with Crippen LogP contribution in [0.4, 0.5) is 11.5 Å². The second-order valence-electron chi connectivity index (χ2n) is 7.00. The van der Waals surface area contributed by atoms with Gasteiger partial charge < -0.3 is 15.7 Å². The number of rotatable bonds is 6. The topological polar surface area (TPSA) is 104 Å². The van der Waals surface area contributed by atoms with Crippen LogP contribution in [0.25, 0.3) is 10.7 Å². The summed E-state index contributed by atoms with van der Waals surface area (Å²) in [6.45, 7) is 1.29. The van der Waals surface area contributed by atoms with E-state index in [-0.39, 0.29) is 0 Å². The number of halogens is 1. The molecule has 0 fully saturated rings. The number of anilines is 2. The number of benzene rings is 1. The molecule has 2 heterocycles. The van der Waals surface area contributed by atoms with E-state index in [1.165, 1.54) is 18.3 Å². The van der Waals surface area contributed by atoms with Gasteiger partial charge in [0.05, 0.1) is 9.21 Å². The van der Waals surface area contributed by atoms with Crippen LogP contribution in [0.3, 0.4) is 0 Å². The largest absolute Gasteiger partial charge is 0.479 e. The molecule has 30 heavy (non-hydrogen) atoms. The van der Waals surface area contributed by atoms with Gasteiger partial charge in [0.2, 0.25) is 5.91 Å². The van der Waals surface area contributed by atoms with Gasteiger partial charge in [-0.25, -0.2) is 14.8 Å². The van der Waals surface area contributed by atoms with E-state index < -0.39 is 17.9 Å². The number of nitrogens with one attached hydrogen (secondary N) is 2. The highest BCUT2D eigenvalue weighted by Gasteiger charge is 2.22. The van der Waals surface area contributed by atoms with Crippen LogP contribution in [0, 0.1) is 0 Å². The summed E-state index contributed by atoms with van der Waals surface area (Å²) in [6.07, 6.45) is 2.85. The van der Waals surface area contributed by atoms with Gasteiger partial charge >= 0.3 is 5.97 Å². The second kappa shape index (κ2) is 8.41. The molecule has 1 amide bonds. The quantitative estimate of drug-likeness (QED) is 0.524. The molecule has 9 heteroatoms. The highest BCUT2D eigenvalue weighted by molar-refractivity contribution is 7.19. The minimum atomic E-state index is -1.11. The van der Waals surface area contributed by atoms with E-state index in [9.17, 15) is 14.7 Å². The number of nitrogens with zero attached hydrogens (tertiary/aromatic N) is 2.